The predicted octanol–water partition coefficient (Wildman–Crippen LogP) is 4.80. The van der Waals surface area contributed by atoms with Crippen LogP contribution in [0.2, 0.25) is 5.02 Å². The summed E-state index contributed by atoms with van der Waals surface area (Å²) < 4.78 is 0. The molecule has 0 spiro atoms. The van der Waals surface area contributed by atoms with Crippen molar-refractivity contribution in [1.82, 2.24) is 0 Å². The molecule has 1 N–H and O–H groups in total. The fourth-order valence-electron chi connectivity index (χ4n) is 3.34. The van der Waals surface area contributed by atoms with Crippen LogP contribution >= 0.6 is 11.6 Å². The largest absolute Gasteiger partial charge is 0.378 e. The van der Waals surface area contributed by atoms with Gasteiger partial charge in [-0.3, -0.25) is 9.59 Å². The SMILES string of the molecule is CN(C)c1cccc(N2C(=O)C(Nc3ccccc3)=C(c3ccc(Cl)cc3)C2=O)c1. The van der Waals surface area contributed by atoms with Gasteiger partial charge in [-0.2, -0.15) is 0 Å². The molecule has 0 atom stereocenters. The van der Waals surface area contributed by atoms with E-state index in [2.05, 4.69) is 5.32 Å². The summed E-state index contributed by atoms with van der Waals surface area (Å²) in [6, 6.07) is 23.5. The Hall–Kier alpha value is -3.57. The number of nitrogens with zero attached hydrogens (tertiary/aromatic N) is 2. The molecule has 2 amide bonds. The Morgan fingerprint density at radius 2 is 1.53 bits per heavy atom. The van der Waals surface area contributed by atoms with Crippen molar-refractivity contribution in [3.63, 3.8) is 0 Å². The Labute approximate surface area is 180 Å². The average molecular weight is 418 g/mol. The van der Waals surface area contributed by atoms with Gasteiger partial charge in [-0.1, -0.05) is 48.0 Å². The Bertz CT molecular complexity index is 1140. The maximum Gasteiger partial charge on any atom is 0.282 e. The molecule has 1 aliphatic heterocycles. The first kappa shape index (κ1) is 19.7. The second-order valence-electron chi connectivity index (χ2n) is 7.11. The van der Waals surface area contributed by atoms with Gasteiger partial charge in [0.25, 0.3) is 11.8 Å². The summed E-state index contributed by atoms with van der Waals surface area (Å²) in [6.45, 7) is 0. The van der Waals surface area contributed by atoms with Crippen LogP contribution in [0.1, 0.15) is 5.56 Å². The minimum Gasteiger partial charge on any atom is -0.378 e. The summed E-state index contributed by atoms with van der Waals surface area (Å²) in [6.07, 6.45) is 0. The number of imide groups is 1. The summed E-state index contributed by atoms with van der Waals surface area (Å²) in [5.74, 6) is -0.777. The molecule has 150 valence electrons. The molecule has 0 aliphatic carbocycles. The molecule has 1 aliphatic rings. The zero-order chi connectivity index (χ0) is 21.3. The third-order valence-corrected chi connectivity index (χ3v) is 5.12. The second-order valence-corrected chi connectivity index (χ2v) is 7.54. The maximum absolute atomic E-state index is 13.4. The molecular weight excluding hydrogens is 398 g/mol. The van der Waals surface area contributed by atoms with Crippen LogP contribution in [0.25, 0.3) is 5.57 Å². The van der Waals surface area contributed by atoms with Crippen LogP contribution in [-0.2, 0) is 9.59 Å². The first-order chi connectivity index (χ1) is 14.5. The van der Waals surface area contributed by atoms with Crippen LogP contribution in [0.4, 0.5) is 17.1 Å². The van der Waals surface area contributed by atoms with Crippen molar-refractivity contribution < 1.29 is 9.59 Å². The Kier molecular flexibility index (Phi) is 5.29. The Balaban J connectivity index is 1.81. The van der Waals surface area contributed by atoms with Gasteiger partial charge in [0.15, 0.2) is 0 Å². The van der Waals surface area contributed by atoms with Crippen LogP contribution in [0.15, 0.2) is 84.6 Å². The highest BCUT2D eigenvalue weighted by atomic mass is 35.5. The normalized spacial score (nSPS) is 13.8. The predicted molar refractivity (Wildman–Crippen MR) is 122 cm³/mol. The van der Waals surface area contributed by atoms with Crippen LogP contribution in [0.5, 0.6) is 0 Å². The van der Waals surface area contributed by atoms with Crippen molar-refractivity contribution >= 4 is 46.1 Å². The van der Waals surface area contributed by atoms with Crippen molar-refractivity contribution in [2.75, 3.05) is 29.2 Å². The molecule has 5 nitrogen and oxygen atoms in total. The van der Waals surface area contributed by atoms with Gasteiger partial charge >= 0.3 is 0 Å². The monoisotopic (exact) mass is 417 g/mol. The zero-order valence-electron chi connectivity index (χ0n) is 16.6. The van der Waals surface area contributed by atoms with Gasteiger partial charge < -0.3 is 10.2 Å². The van der Waals surface area contributed by atoms with Gasteiger partial charge in [0.05, 0.1) is 11.3 Å². The van der Waals surface area contributed by atoms with E-state index < -0.39 is 5.91 Å². The quantitative estimate of drug-likeness (QED) is 0.606. The molecule has 1 heterocycles. The van der Waals surface area contributed by atoms with Gasteiger partial charge in [0.2, 0.25) is 0 Å². The van der Waals surface area contributed by atoms with Crippen LogP contribution < -0.4 is 15.1 Å². The number of nitrogens with one attached hydrogen (secondary N) is 1. The van der Waals surface area contributed by atoms with Crippen LogP contribution in [0, 0.1) is 0 Å². The average Bonchev–Trinajstić information content (AvgIpc) is 2.99. The lowest BCUT2D eigenvalue weighted by atomic mass is 10.0. The van der Waals surface area contributed by atoms with E-state index in [4.69, 9.17) is 11.6 Å². The van der Waals surface area contributed by atoms with E-state index in [1.54, 1.807) is 30.3 Å². The summed E-state index contributed by atoms with van der Waals surface area (Å²) in [7, 11) is 3.82. The summed E-state index contributed by atoms with van der Waals surface area (Å²) >= 11 is 6.02. The molecule has 3 aromatic rings. The number of carbonyl (C=O) groups excluding carboxylic acids is 2. The first-order valence-electron chi connectivity index (χ1n) is 9.44. The molecule has 3 aromatic carbocycles. The number of carbonyl (C=O) groups is 2. The smallest absolute Gasteiger partial charge is 0.282 e. The molecule has 0 aromatic heterocycles. The number of anilines is 3. The van der Waals surface area contributed by atoms with E-state index in [9.17, 15) is 9.59 Å². The molecular formula is C24H20ClN3O2. The fourth-order valence-corrected chi connectivity index (χ4v) is 3.47. The lowest BCUT2D eigenvalue weighted by molar-refractivity contribution is -0.120. The van der Waals surface area contributed by atoms with Crippen molar-refractivity contribution in [2.45, 2.75) is 0 Å². The number of amides is 2. The summed E-state index contributed by atoms with van der Waals surface area (Å²) in [5, 5.41) is 3.71. The van der Waals surface area contributed by atoms with Crippen LogP contribution in [0.3, 0.4) is 0 Å². The van der Waals surface area contributed by atoms with Gasteiger partial charge in [0.1, 0.15) is 5.70 Å². The van der Waals surface area contributed by atoms with Crippen molar-refractivity contribution in [1.29, 1.82) is 0 Å². The Morgan fingerprint density at radius 3 is 2.20 bits per heavy atom. The molecule has 0 saturated carbocycles. The highest BCUT2D eigenvalue weighted by Crippen LogP contribution is 2.35. The van der Waals surface area contributed by atoms with E-state index >= 15 is 0 Å². The molecule has 4 rings (SSSR count). The summed E-state index contributed by atoms with van der Waals surface area (Å²) in [4.78, 5) is 30.0. The number of rotatable bonds is 5. The number of halogens is 1. The summed E-state index contributed by atoms with van der Waals surface area (Å²) in [5.41, 5.74) is 3.32. The molecule has 0 unspecified atom stereocenters. The molecule has 6 heteroatoms. The van der Waals surface area contributed by atoms with Gasteiger partial charge in [-0.15, -0.1) is 0 Å². The van der Waals surface area contributed by atoms with Crippen molar-refractivity contribution in [3.8, 4) is 0 Å². The topological polar surface area (TPSA) is 52.6 Å². The Morgan fingerprint density at radius 1 is 0.833 bits per heavy atom. The third-order valence-electron chi connectivity index (χ3n) is 4.86. The molecule has 30 heavy (non-hydrogen) atoms. The highest BCUT2D eigenvalue weighted by molar-refractivity contribution is 6.46. The first-order valence-corrected chi connectivity index (χ1v) is 9.82. The lowest BCUT2D eigenvalue weighted by Gasteiger charge is -2.19. The highest BCUT2D eigenvalue weighted by Gasteiger charge is 2.40. The number of hydrogen-bond acceptors (Lipinski definition) is 4. The molecule has 0 saturated heterocycles. The molecule has 0 bridgehead atoms. The lowest BCUT2D eigenvalue weighted by Crippen LogP contribution is -2.32. The van der Waals surface area contributed by atoms with Crippen LogP contribution in [-0.4, -0.2) is 25.9 Å². The van der Waals surface area contributed by atoms with E-state index in [0.29, 0.717) is 21.8 Å². The van der Waals surface area contributed by atoms with E-state index in [1.807, 2.05) is 67.5 Å². The molecule has 0 fully saturated rings. The number of benzene rings is 3. The fraction of sp³-hybridized carbons (Fsp3) is 0.0833. The maximum atomic E-state index is 13.4. The third kappa shape index (κ3) is 3.67. The minimum atomic E-state index is -0.398. The van der Waals surface area contributed by atoms with E-state index in [1.165, 1.54) is 4.90 Å². The second kappa shape index (κ2) is 8.05. The van der Waals surface area contributed by atoms with Crippen molar-refractivity contribution in [2.24, 2.45) is 0 Å². The van der Waals surface area contributed by atoms with Crippen molar-refractivity contribution in [3.05, 3.63) is 95.1 Å². The number of hydrogen-bond donors (Lipinski definition) is 1. The minimum absolute atomic E-state index is 0.240. The standard InChI is InChI=1S/C24H20ClN3O2/c1-27(2)19-9-6-10-20(15-19)28-23(29)21(16-11-13-17(25)14-12-16)22(24(28)30)26-18-7-4-3-5-8-18/h3-15,26H,1-2H3. The zero-order valence-corrected chi connectivity index (χ0v) is 17.4. The molecule has 0 radical (unpaired) electrons. The van der Waals surface area contributed by atoms with E-state index in [0.717, 1.165) is 11.4 Å². The number of para-hydroxylation sites is 1. The van der Waals surface area contributed by atoms with Gasteiger partial charge in [0, 0.05) is 30.5 Å². The van der Waals surface area contributed by atoms with Gasteiger partial charge in [-0.25, -0.2) is 4.90 Å². The van der Waals surface area contributed by atoms with Gasteiger partial charge in [-0.05, 0) is 48.0 Å². The van der Waals surface area contributed by atoms with E-state index in [-0.39, 0.29) is 11.6 Å².